The van der Waals surface area contributed by atoms with Crippen molar-refractivity contribution in [3.8, 4) is 0 Å². The first-order valence-corrected chi connectivity index (χ1v) is 4.99. The summed E-state index contributed by atoms with van der Waals surface area (Å²) >= 11 is 0. The highest BCUT2D eigenvalue weighted by molar-refractivity contribution is 5.82. The Balaban J connectivity index is 2.26. The van der Waals surface area contributed by atoms with E-state index < -0.39 is 24.6 Å². The average Bonchev–Trinajstić information content (AvgIpc) is 2.92. The van der Waals surface area contributed by atoms with Crippen LogP contribution in [0.4, 0.5) is 4.79 Å². The van der Waals surface area contributed by atoms with Crippen molar-refractivity contribution in [3.63, 3.8) is 0 Å². The number of aliphatic hydroxyl groups excluding tert-OH is 1. The first-order valence-electron chi connectivity index (χ1n) is 4.99. The summed E-state index contributed by atoms with van der Waals surface area (Å²) in [4.78, 5) is 21.7. The molecule has 1 saturated carbocycles. The Morgan fingerprint density at radius 2 is 2.20 bits per heavy atom. The molecule has 6 nitrogen and oxygen atoms in total. The Morgan fingerprint density at radius 1 is 1.53 bits per heavy atom. The summed E-state index contributed by atoms with van der Waals surface area (Å²) < 4.78 is 0. The van der Waals surface area contributed by atoms with E-state index in [4.69, 9.17) is 10.2 Å². The summed E-state index contributed by atoms with van der Waals surface area (Å²) in [6.45, 7) is 1.43. The lowest BCUT2D eigenvalue weighted by Crippen LogP contribution is -2.48. The monoisotopic (exact) mass is 216 g/mol. The van der Waals surface area contributed by atoms with Gasteiger partial charge in [0.1, 0.15) is 0 Å². The Hall–Kier alpha value is -1.30. The Morgan fingerprint density at radius 3 is 2.60 bits per heavy atom. The van der Waals surface area contributed by atoms with Crippen LogP contribution in [0.3, 0.4) is 0 Å². The molecule has 0 aliphatic heterocycles. The Labute approximate surface area is 87.7 Å². The van der Waals surface area contributed by atoms with Crippen molar-refractivity contribution in [2.75, 3.05) is 6.61 Å². The number of carbonyl (C=O) groups excluding carboxylic acids is 1. The van der Waals surface area contributed by atoms with Gasteiger partial charge in [0.15, 0.2) is 6.04 Å². The number of aliphatic hydroxyl groups is 1. The minimum Gasteiger partial charge on any atom is -0.480 e. The Bertz CT molecular complexity index is 256. The molecule has 3 atom stereocenters. The zero-order chi connectivity index (χ0) is 11.4. The van der Waals surface area contributed by atoms with Crippen LogP contribution in [0.15, 0.2) is 0 Å². The van der Waals surface area contributed by atoms with E-state index in [1.54, 1.807) is 0 Å². The third kappa shape index (κ3) is 3.39. The van der Waals surface area contributed by atoms with Gasteiger partial charge < -0.3 is 20.8 Å². The third-order valence-electron chi connectivity index (χ3n) is 2.55. The van der Waals surface area contributed by atoms with Gasteiger partial charge in [0.25, 0.3) is 0 Å². The van der Waals surface area contributed by atoms with Crippen LogP contribution >= 0.6 is 0 Å². The first-order chi connectivity index (χ1) is 7.08. The molecule has 1 aliphatic carbocycles. The molecule has 15 heavy (non-hydrogen) atoms. The number of carboxylic acids is 1. The summed E-state index contributed by atoms with van der Waals surface area (Å²) in [5.74, 6) is -0.733. The summed E-state index contributed by atoms with van der Waals surface area (Å²) in [6.07, 6.45) is 1.95. The van der Waals surface area contributed by atoms with Crippen LogP contribution < -0.4 is 10.6 Å². The van der Waals surface area contributed by atoms with Crippen LogP contribution in [-0.4, -0.2) is 40.9 Å². The van der Waals surface area contributed by atoms with Crippen LogP contribution in [0.2, 0.25) is 0 Å². The third-order valence-corrected chi connectivity index (χ3v) is 2.55. The molecule has 0 spiro atoms. The van der Waals surface area contributed by atoms with Gasteiger partial charge in [0.2, 0.25) is 0 Å². The number of hydrogen-bond donors (Lipinski definition) is 4. The molecule has 1 fully saturated rings. The molecular weight excluding hydrogens is 200 g/mol. The molecule has 2 unspecified atom stereocenters. The molecule has 0 aromatic carbocycles. The van der Waals surface area contributed by atoms with E-state index in [2.05, 4.69) is 10.6 Å². The molecule has 1 rings (SSSR count). The van der Waals surface area contributed by atoms with Crippen LogP contribution in [-0.2, 0) is 4.79 Å². The summed E-state index contributed by atoms with van der Waals surface area (Å²) in [7, 11) is 0. The van der Waals surface area contributed by atoms with E-state index in [1.807, 2.05) is 6.92 Å². The predicted molar refractivity (Wildman–Crippen MR) is 52.4 cm³/mol. The summed E-state index contributed by atoms with van der Waals surface area (Å²) in [5, 5.41) is 22.1. The topological polar surface area (TPSA) is 98.7 Å². The number of urea groups is 1. The van der Waals surface area contributed by atoms with E-state index in [9.17, 15) is 9.59 Å². The maximum absolute atomic E-state index is 11.2. The number of nitrogens with one attached hydrogen (secondary N) is 2. The zero-order valence-corrected chi connectivity index (χ0v) is 8.56. The minimum atomic E-state index is -1.24. The molecule has 0 saturated heterocycles. The van der Waals surface area contributed by atoms with Crippen molar-refractivity contribution in [1.29, 1.82) is 0 Å². The molecule has 0 aromatic rings. The predicted octanol–water partition coefficient (Wildman–Crippen LogP) is -0.470. The van der Waals surface area contributed by atoms with Gasteiger partial charge in [-0.2, -0.15) is 0 Å². The van der Waals surface area contributed by atoms with Crippen LogP contribution in [0.25, 0.3) is 0 Å². The van der Waals surface area contributed by atoms with E-state index in [1.165, 1.54) is 0 Å². The van der Waals surface area contributed by atoms with Crippen molar-refractivity contribution in [2.24, 2.45) is 5.92 Å². The standard InChI is InChI=1S/C9H16N2O4/c1-2-5-3-6(5)10-9(15)11-7(4-12)8(13)14/h5-7,12H,2-4H2,1H3,(H,13,14)(H2,10,11,15)/t5?,6?,7-/m1/s1. The molecule has 6 heteroatoms. The fourth-order valence-corrected chi connectivity index (χ4v) is 1.43. The van der Waals surface area contributed by atoms with E-state index in [0.29, 0.717) is 5.92 Å². The van der Waals surface area contributed by atoms with Crippen LogP contribution in [0, 0.1) is 5.92 Å². The SMILES string of the molecule is CCC1CC1NC(=O)N[C@H](CO)C(=O)O. The molecular formula is C9H16N2O4. The molecule has 4 N–H and O–H groups in total. The van der Waals surface area contributed by atoms with Crippen molar-refractivity contribution in [3.05, 3.63) is 0 Å². The lowest BCUT2D eigenvalue weighted by molar-refractivity contribution is -0.140. The van der Waals surface area contributed by atoms with Gasteiger partial charge >= 0.3 is 12.0 Å². The smallest absolute Gasteiger partial charge is 0.328 e. The van der Waals surface area contributed by atoms with Gasteiger partial charge in [-0.1, -0.05) is 13.3 Å². The van der Waals surface area contributed by atoms with Crippen LogP contribution in [0.5, 0.6) is 0 Å². The van der Waals surface area contributed by atoms with Gasteiger partial charge in [-0.05, 0) is 12.3 Å². The van der Waals surface area contributed by atoms with Crippen LogP contribution in [0.1, 0.15) is 19.8 Å². The molecule has 1 aliphatic rings. The number of hydrogen-bond acceptors (Lipinski definition) is 3. The molecule has 86 valence electrons. The quantitative estimate of drug-likeness (QED) is 0.499. The lowest BCUT2D eigenvalue weighted by Gasteiger charge is -2.12. The van der Waals surface area contributed by atoms with Crippen molar-refractivity contribution in [1.82, 2.24) is 10.6 Å². The molecule has 0 aromatic heterocycles. The highest BCUT2D eigenvalue weighted by atomic mass is 16.4. The molecule has 0 heterocycles. The summed E-state index contributed by atoms with van der Waals surface area (Å²) in [5.41, 5.74) is 0. The maximum Gasteiger partial charge on any atom is 0.328 e. The highest BCUT2D eigenvalue weighted by Gasteiger charge is 2.36. The summed E-state index contributed by atoms with van der Waals surface area (Å²) in [6, 6.07) is -1.61. The number of carbonyl (C=O) groups is 2. The highest BCUT2D eigenvalue weighted by Crippen LogP contribution is 2.32. The van der Waals surface area contributed by atoms with Gasteiger partial charge in [0.05, 0.1) is 6.61 Å². The zero-order valence-electron chi connectivity index (χ0n) is 8.56. The molecule has 0 bridgehead atoms. The van der Waals surface area contributed by atoms with Gasteiger partial charge in [-0.25, -0.2) is 9.59 Å². The number of amides is 2. The lowest BCUT2D eigenvalue weighted by atomic mass is 10.3. The second-order valence-corrected chi connectivity index (χ2v) is 3.70. The van der Waals surface area contributed by atoms with Gasteiger partial charge in [-0.3, -0.25) is 0 Å². The second-order valence-electron chi connectivity index (χ2n) is 3.70. The largest absolute Gasteiger partial charge is 0.480 e. The second kappa shape index (κ2) is 4.97. The number of carboxylic acid groups (broad SMARTS) is 1. The fraction of sp³-hybridized carbons (Fsp3) is 0.778. The Kier molecular flexibility index (Phi) is 3.90. The normalized spacial score (nSPS) is 25.5. The van der Waals surface area contributed by atoms with E-state index in [-0.39, 0.29) is 6.04 Å². The van der Waals surface area contributed by atoms with Crippen molar-refractivity contribution >= 4 is 12.0 Å². The van der Waals surface area contributed by atoms with Gasteiger partial charge in [-0.15, -0.1) is 0 Å². The first kappa shape index (κ1) is 11.8. The number of aliphatic carboxylic acids is 1. The van der Waals surface area contributed by atoms with Crippen molar-refractivity contribution < 1.29 is 19.8 Å². The number of rotatable bonds is 5. The van der Waals surface area contributed by atoms with E-state index >= 15 is 0 Å². The fourth-order valence-electron chi connectivity index (χ4n) is 1.43. The average molecular weight is 216 g/mol. The van der Waals surface area contributed by atoms with Gasteiger partial charge in [0, 0.05) is 6.04 Å². The molecule has 2 amide bonds. The molecule has 0 radical (unpaired) electrons. The van der Waals surface area contributed by atoms with Crippen molar-refractivity contribution in [2.45, 2.75) is 31.8 Å². The minimum absolute atomic E-state index is 0.156. The van der Waals surface area contributed by atoms with E-state index in [0.717, 1.165) is 12.8 Å². The maximum atomic E-state index is 11.2.